The monoisotopic (exact) mass is 619 g/mol. The Kier molecular flexibility index (Phi) is 6.13. The molecule has 0 atom stereocenters. The van der Waals surface area contributed by atoms with Crippen LogP contribution in [0.15, 0.2) is 91.0 Å². The lowest BCUT2D eigenvalue weighted by molar-refractivity contribution is -0.143. The van der Waals surface area contributed by atoms with Crippen LogP contribution in [0.5, 0.6) is 0 Å². The summed E-state index contributed by atoms with van der Waals surface area (Å²) in [6.07, 6.45) is -10.3. The van der Waals surface area contributed by atoms with E-state index in [4.69, 9.17) is 0 Å². The third-order valence-corrected chi connectivity index (χ3v) is 7.99. The van der Waals surface area contributed by atoms with Crippen LogP contribution in [0.25, 0.3) is 55.0 Å². The van der Waals surface area contributed by atoms with Crippen molar-refractivity contribution in [1.82, 2.24) is 9.13 Å². The molecular weight excluding hydrogens is 604 g/mol. The van der Waals surface area contributed by atoms with Crippen LogP contribution in [0.4, 0.5) is 26.3 Å². The summed E-state index contributed by atoms with van der Waals surface area (Å²) in [6.45, 7) is 0. The first-order valence-electron chi connectivity index (χ1n) is 13.6. The van der Waals surface area contributed by atoms with Crippen LogP contribution in [-0.4, -0.2) is 9.13 Å². The summed E-state index contributed by atoms with van der Waals surface area (Å²) in [5.74, 6) is 0. The molecule has 46 heavy (non-hydrogen) atoms. The van der Waals surface area contributed by atoms with Crippen LogP contribution in [0.2, 0.25) is 0 Å². The van der Waals surface area contributed by atoms with Crippen molar-refractivity contribution in [3.05, 3.63) is 119 Å². The van der Waals surface area contributed by atoms with E-state index in [1.54, 1.807) is 66.7 Å². The van der Waals surface area contributed by atoms with E-state index in [9.17, 15) is 42.1 Å². The molecule has 7 rings (SSSR count). The summed E-state index contributed by atoms with van der Waals surface area (Å²) in [5, 5.41) is 31.4. The fraction of sp³-hybridized carbons (Fsp3) is 0.0571. The van der Waals surface area contributed by atoms with Gasteiger partial charge in [-0.3, -0.25) is 0 Å². The first-order valence-corrected chi connectivity index (χ1v) is 13.6. The molecule has 0 aliphatic rings. The average Bonchev–Trinajstić information content (AvgIpc) is 3.53. The first kappa shape index (κ1) is 28.5. The van der Waals surface area contributed by atoms with E-state index in [1.165, 1.54) is 10.6 Å². The molecule has 222 valence electrons. The quantitative estimate of drug-likeness (QED) is 0.181. The van der Waals surface area contributed by atoms with Crippen molar-refractivity contribution in [2.75, 3.05) is 0 Å². The van der Waals surface area contributed by atoms with Gasteiger partial charge in [-0.2, -0.15) is 42.1 Å². The van der Waals surface area contributed by atoms with Crippen LogP contribution >= 0.6 is 0 Å². The number of para-hydroxylation sites is 2. The number of rotatable bonds is 2. The van der Waals surface area contributed by atoms with Gasteiger partial charge in [-0.15, -0.1) is 0 Å². The highest BCUT2D eigenvalue weighted by molar-refractivity contribution is 6.19. The molecule has 0 amide bonds. The molecule has 0 N–H and O–H groups in total. The van der Waals surface area contributed by atoms with Crippen molar-refractivity contribution in [1.29, 1.82) is 15.8 Å². The maximum Gasteiger partial charge on any atom is 0.418 e. The van der Waals surface area contributed by atoms with Gasteiger partial charge in [0.15, 0.2) is 0 Å². The third-order valence-electron chi connectivity index (χ3n) is 7.99. The van der Waals surface area contributed by atoms with Gasteiger partial charge in [0.25, 0.3) is 0 Å². The predicted octanol–water partition coefficient (Wildman–Crippen LogP) is 9.53. The van der Waals surface area contributed by atoms with Gasteiger partial charge in [0.1, 0.15) is 6.07 Å². The van der Waals surface area contributed by atoms with E-state index in [1.807, 2.05) is 16.7 Å². The Bertz CT molecular complexity index is 2510. The predicted molar refractivity (Wildman–Crippen MR) is 159 cm³/mol. The zero-order chi connectivity index (χ0) is 32.5. The van der Waals surface area contributed by atoms with Crippen LogP contribution < -0.4 is 0 Å². The molecule has 5 nitrogen and oxygen atoms in total. The van der Waals surface area contributed by atoms with Crippen LogP contribution in [0, 0.1) is 34.0 Å². The summed E-state index contributed by atoms with van der Waals surface area (Å²) >= 11 is 0. The number of nitrogens with zero attached hydrogens (tertiary/aromatic N) is 5. The Morgan fingerprint density at radius 1 is 0.500 bits per heavy atom. The topological polar surface area (TPSA) is 81.2 Å². The van der Waals surface area contributed by atoms with Crippen molar-refractivity contribution < 1.29 is 26.3 Å². The van der Waals surface area contributed by atoms with E-state index in [0.717, 1.165) is 0 Å². The van der Waals surface area contributed by atoms with Crippen LogP contribution in [0.1, 0.15) is 27.8 Å². The minimum absolute atomic E-state index is 0.0378. The number of hydrogen-bond donors (Lipinski definition) is 0. The largest absolute Gasteiger partial charge is 0.418 e. The molecule has 11 heteroatoms. The number of benzene rings is 5. The van der Waals surface area contributed by atoms with Gasteiger partial charge in [-0.05, 0) is 54.6 Å². The van der Waals surface area contributed by atoms with E-state index in [-0.39, 0.29) is 28.2 Å². The van der Waals surface area contributed by atoms with Gasteiger partial charge in [0.2, 0.25) is 0 Å². The Labute approximate surface area is 255 Å². The van der Waals surface area contributed by atoms with Crippen molar-refractivity contribution in [3.63, 3.8) is 0 Å². The Morgan fingerprint density at radius 2 is 1.02 bits per heavy atom. The minimum atomic E-state index is -5.23. The third kappa shape index (κ3) is 4.23. The van der Waals surface area contributed by atoms with Crippen LogP contribution in [-0.2, 0) is 12.4 Å². The number of alkyl halides is 6. The summed E-state index contributed by atoms with van der Waals surface area (Å²) < 4.78 is 87.8. The van der Waals surface area contributed by atoms with E-state index in [0.29, 0.717) is 44.3 Å². The SMILES string of the molecule is N#Cc1cc(C#N)cc(-n2c3ccccc3c3cc4c(cc32)c2ccccc2n4-c2c(C#N)cc(C(F)(F)F)cc2C(F)(F)F)c1. The normalized spacial score (nSPS) is 12.1. The minimum Gasteiger partial charge on any atom is -0.309 e. The number of fused-ring (bicyclic) bond motifs is 6. The van der Waals surface area contributed by atoms with Crippen molar-refractivity contribution in [2.45, 2.75) is 12.4 Å². The lowest BCUT2D eigenvalue weighted by atomic mass is 10.0. The molecule has 0 radical (unpaired) electrons. The van der Waals surface area contributed by atoms with Crippen LogP contribution in [0.3, 0.4) is 0 Å². The highest BCUT2D eigenvalue weighted by Crippen LogP contribution is 2.45. The molecule has 0 spiro atoms. The lowest BCUT2D eigenvalue weighted by Gasteiger charge is -2.20. The lowest BCUT2D eigenvalue weighted by Crippen LogP contribution is -2.16. The second kappa shape index (κ2) is 9.88. The summed E-state index contributed by atoms with van der Waals surface area (Å²) in [4.78, 5) is 0. The maximum absolute atomic E-state index is 14.6. The van der Waals surface area contributed by atoms with Gasteiger partial charge in [0, 0.05) is 27.2 Å². The molecule has 0 saturated carbocycles. The van der Waals surface area contributed by atoms with Gasteiger partial charge < -0.3 is 9.13 Å². The molecule has 0 unspecified atom stereocenters. The first-order chi connectivity index (χ1) is 21.9. The maximum atomic E-state index is 14.6. The number of halogens is 6. The molecule has 2 aromatic heterocycles. The molecule has 0 aliphatic heterocycles. The molecule has 7 aromatic rings. The van der Waals surface area contributed by atoms with E-state index in [2.05, 4.69) is 12.1 Å². The Balaban J connectivity index is 1.67. The Hall–Kier alpha value is -6.25. The molecule has 2 heterocycles. The van der Waals surface area contributed by atoms with Gasteiger partial charge in [0.05, 0.1) is 67.7 Å². The summed E-state index contributed by atoms with van der Waals surface area (Å²) in [7, 11) is 0. The van der Waals surface area contributed by atoms with Gasteiger partial charge in [-0.25, -0.2) is 0 Å². The second-order valence-electron chi connectivity index (χ2n) is 10.6. The zero-order valence-electron chi connectivity index (χ0n) is 23.2. The average molecular weight is 620 g/mol. The molecule has 0 fully saturated rings. The summed E-state index contributed by atoms with van der Waals surface area (Å²) in [6, 6.07) is 28.0. The van der Waals surface area contributed by atoms with Crippen molar-refractivity contribution >= 4 is 43.6 Å². The number of aromatic nitrogens is 2. The van der Waals surface area contributed by atoms with Gasteiger partial charge in [-0.1, -0.05) is 36.4 Å². The van der Waals surface area contributed by atoms with E-state index >= 15 is 0 Å². The number of nitriles is 3. The zero-order valence-corrected chi connectivity index (χ0v) is 23.2. The highest BCUT2D eigenvalue weighted by Gasteiger charge is 2.41. The molecular formula is C35H15F6N5. The number of hydrogen-bond acceptors (Lipinski definition) is 3. The fourth-order valence-corrected chi connectivity index (χ4v) is 6.16. The second-order valence-corrected chi connectivity index (χ2v) is 10.6. The van der Waals surface area contributed by atoms with E-state index < -0.39 is 34.7 Å². The molecule has 0 aliphatic carbocycles. The molecule has 5 aromatic carbocycles. The fourth-order valence-electron chi connectivity index (χ4n) is 6.16. The summed E-state index contributed by atoms with van der Waals surface area (Å²) in [5.41, 5.74) is -1.87. The smallest absolute Gasteiger partial charge is 0.309 e. The molecule has 0 saturated heterocycles. The van der Waals surface area contributed by atoms with Crippen molar-refractivity contribution in [2.24, 2.45) is 0 Å². The molecule has 0 bridgehead atoms. The standard InChI is InChI=1S/C35H15F6N5/c36-34(37,38)22-12-21(18-44)33(28(13-22)35(39,40)41)46-30-8-4-2-6-25(30)27-14-31-26(15-32(27)46)24-5-1-3-7-29(24)45(31)23-10-19(16-42)9-20(11-23)17-43/h1-15H. The van der Waals surface area contributed by atoms with Crippen molar-refractivity contribution in [3.8, 4) is 29.6 Å². The highest BCUT2D eigenvalue weighted by atomic mass is 19.4. The van der Waals surface area contributed by atoms with Gasteiger partial charge >= 0.3 is 12.4 Å². The Morgan fingerprint density at radius 3 is 1.52 bits per heavy atom.